The maximum atomic E-state index is 13.6. The molecule has 1 atom stereocenters. The van der Waals surface area contributed by atoms with Crippen molar-refractivity contribution in [3.8, 4) is 5.75 Å². The Morgan fingerprint density at radius 2 is 1.88 bits per heavy atom. The maximum absolute atomic E-state index is 13.6. The van der Waals surface area contributed by atoms with E-state index in [2.05, 4.69) is 5.16 Å². The number of fused-ring (bicyclic) bond motifs is 1. The van der Waals surface area contributed by atoms with Crippen LogP contribution in [0.25, 0.3) is 11.0 Å². The summed E-state index contributed by atoms with van der Waals surface area (Å²) in [4.78, 5) is 27.9. The summed E-state index contributed by atoms with van der Waals surface area (Å²) in [5.41, 5.74) is 0.907. The molecule has 0 radical (unpaired) electrons. The molecule has 160 valence electrons. The molecule has 1 amide bonds. The van der Waals surface area contributed by atoms with Gasteiger partial charge in [0.2, 0.25) is 5.78 Å². The van der Waals surface area contributed by atoms with Gasteiger partial charge in [-0.25, -0.2) is 0 Å². The summed E-state index contributed by atoms with van der Waals surface area (Å²) in [5, 5.41) is 15.5. The third kappa shape index (κ3) is 2.96. The van der Waals surface area contributed by atoms with Gasteiger partial charge in [0.15, 0.2) is 17.3 Å². The Hall–Kier alpha value is -4.33. The fraction of sp³-hybridized carbons (Fsp3) is 0.125. The van der Waals surface area contributed by atoms with Crippen LogP contribution in [0.5, 0.6) is 5.75 Å². The number of aliphatic hydroxyl groups excluding tert-OH is 1. The number of hydrogen-bond acceptors (Lipinski definition) is 7. The van der Waals surface area contributed by atoms with Gasteiger partial charge >= 0.3 is 0 Å². The van der Waals surface area contributed by atoms with Crippen molar-refractivity contribution in [3.63, 3.8) is 0 Å². The third-order valence-electron chi connectivity index (χ3n) is 5.40. The zero-order valence-corrected chi connectivity index (χ0v) is 17.2. The smallest absolute Gasteiger partial charge is 0.295 e. The number of furan rings is 1. The Kier molecular flexibility index (Phi) is 4.55. The van der Waals surface area contributed by atoms with Crippen molar-refractivity contribution in [1.82, 2.24) is 5.16 Å². The number of anilines is 1. The van der Waals surface area contributed by atoms with E-state index < -0.39 is 23.5 Å². The first-order chi connectivity index (χ1) is 15.5. The molecule has 8 heteroatoms. The van der Waals surface area contributed by atoms with Crippen LogP contribution in [0.15, 0.2) is 80.9 Å². The molecule has 2 aromatic heterocycles. The van der Waals surface area contributed by atoms with E-state index in [9.17, 15) is 14.7 Å². The fourth-order valence-corrected chi connectivity index (χ4v) is 3.95. The number of ether oxygens (including phenoxy) is 1. The molecular formula is C24H18N2O6. The second-order valence-electron chi connectivity index (χ2n) is 7.36. The number of aromatic nitrogens is 1. The van der Waals surface area contributed by atoms with Gasteiger partial charge < -0.3 is 18.8 Å². The van der Waals surface area contributed by atoms with Crippen molar-refractivity contribution in [3.05, 3.63) is 89.1 Å². The number of aryl methyl sites for hydroxylation is 1. The number of aliphatic hydroxyl groups is 1. The van der Waals surface area contributed by atoms with Crippen molar-refractivity contribution in [2.24, 2.45) is 0 Å². The summed E-state index contributed by atoms with van der Waals surface area (Å²) in [6.07, 6.45) is 0. The lowest BCUT2D eigenvalue weighted by Gasteiger charge is -2.25. The van der Waals surface area contributed by atoms with Crippen molar-refractivity contribution >= 4 is 28.5 Å². The van der Waals surface area contributed by atoms with Gasteiger partial charge in [0.05, 0.1) is 12.7 Å². The van der Waals surface area contributed by atoms with Crippen LogP contribution in [-0.4, -0.2) is 29.1 Å². The van der Waals surface area contributed by atoms with Gasteiger partial charge in [-0.3, -0.25) is 14.5 Å². The molecule has 0 fully saturated rings. The Morgan fingerprint density at radius 1 is 1.12 bits per heavy atom. The largest absolute Gasteiger partial charge is 0.503 e. The number of ketones is 1. The van der Waals surface area contributed by atoms with Gasteiger partial charge in [0.1, 0.15) is 23.1 Å². The highest BCUT2D eigenvalue weighted by Gasteiger charge is 2.47. The quantitative estimate of drug-likeness (QED) is 0.464. The number of rotatable bonds is 5. The van der Waals surface area contributed by atoms with E-state index in [-0.39, 0.29) is 17.2 Å². The number of Topliss-reactive ketones (excluding diaryl/α,β-unsaturated/α-hetero) is 1. The highest BCUT2D eigenvalue weighted by atomic mass is 16.5. The Balaban J connectivity index is 1.69. The predicted octanol–water partition coefficient (Wildman–Crippen LogP) is 4.52. The molecule has 8 nitrogen and oxygen atoms in total. The van der Waals surface area contributed by atoms with E-state index >= 15 is 0 Å². The van der Waals surface area contributed by atoms with E-state index in [1.165, 1.54) is 12.0 Å². The molecule has 32 heavy (non-hydrogen) atoms. The number of carbonyl (C=O) groups excluding carboxylic acids is 2. The van der Waals surface area contributed by atoms with Crippen LogP contribution in [0.3, 0.4) is 0 Å². The fourth-order valence-electron chi connectivity index (χ4n) is 3.95. The number of benzene rings is 2. The van der Waals surface area contributed by atoms with E-state index in [0.29, 0.717) is 22.7 Å². The van der Waals surface area contributed by atoms with Crippen LogP contribution in [0.2, 0.25) is 0 Å². The van der Waals surface area contributed by atoms with Crippen LogP contribution in [0.1, 0.15) is 27.9 Å². The molecule has 0 saturated carbocycles. The van der Waals surface area contributed by atoms with Crippen molar-refractivity contribution < 1.29 is 28.4 Å². The Morgan fingerprint density at radius 3 is 2.59 bits per heavy atom. The molecule has 3 heterocycles. The molecule has 0 aliphatic carbocycles. The summed E-state index contributed by atoms with van der Waals surface area (Å²) in [6, 6.07) is 16.3. The lowest BCUT2D eigenvalue weighted by molar-refractivity contribution is -0.117. The normalized spacial score (nSPS) is 16.2. The van der Waals surface area contributed by atoms with E-state index in [1.807, 2.05) is 12.1 Å². The number of carbonyl (C=O) groups is 2. The predicted molar refractivity (Wildman–Crippen MR) is 115 cm³/mol. The average molecular weight is 430 g/mol. The summed E-state index contributed by atoms with van der Waals surface area (Å²) in [6.45, 7) is 1.68. The van der Waals surface area contributed by atoms with Gasteiger partial charge in [-0.05, 0) is 25.1 Å². The molecule has 0 saturated heterocycles. The van der Waals surface area contributed by atoms with Gasteiger partial charge in [-0.2, -0.15) is 0 Å². The van der Waals surface area contributed by atoms with E-state index in [4.69, 9.17) is 13.7 Å². The highest BCUT2D eigenvalue weighted by molar-refractivity contribution is 6.20. The molecule has 0 unspecified atom stereocenters. The van der Waals surface area contributed by atoms with Crippen molar-refractivity contribution in [2.75, 3.05) is 12.0 Å². The summed E-state index contributed by atoms with van der Waals surface area (Å²) >= 11 is 0. The molecule has 1 aliphatic heterocycles. The van der Waals surface area contributed by atoms with Gasteiger partial charge in [-0.15, -0.1) is 0 Å². The van der Waals surface area contributed by atoms with Crippen LogP contribution in [0.4, 0.5) is 5.82 Å². The lowest BCUT2D eigenvalue weighted by Crippen LogP contribution is -2.31. The summed E-state index contributed by atoms with van der Waals surface area (Å²) in [5.74, 6) is -0.949. The van der Waals surface area contributed by atoms with E-state index in [0.717, 1.165) is 5.39 Å². The van der Waals surface area contributed by atoms with Gasteiger partial charge in [0.25, 0.3) is 5.91 Å². The van der Waals surface area contributed by atoms with E-state index in [1.54, 1.807) is 55.5 Å². The summed E-state index contributed by atoms with van der Waals surface area (Å²) < 4.78 is 16.3. The first kappa shape index (κ1) is 19.6. The average Bonchev–Trinajstić information content (AvgIpc) is 3.49. The SMILES string of the molecule is COc1ccccc1[C@H]1C(C(=O)c2cc3ccccc3o2)=C(O)C(=O)N1c1cc(C)on1. The first-order valence-corrected chi connectivity index (χ1v) is 9.85. The van der Waals surface area contributed by atoms with Crippen LogP contribution < -0.4 is 9.64 Å². The lowest BCUT2D eigenvalue weighted by atomic mass is 9.94. The molecule has 1 N–H and O–H groups in total. The minimum atomic E-state index is -0.996. The first-order valence-electron chi connectivity index (χ1n) is 9.85. The topological polar surface area (TPSA) is 106 Å². The zero-order valence-electron chi connectivity index (χ0n) is 17.2. The molecule has 0 spiro atoms. The Labute approximate surface area is 182 Å². The molecule has 0 bridgehead atoms. The zero-order chi connectivity index (χ0) is 22.4. The second-order valence-corrected chi connectivity index (χ2v) is 7.36. The van der Waals surface area contributed by atoms with Crippen molar-refractivity contribution in [2.45, 2.75) is 13.0 Å². The standard InChI is InChI=1S/C24H18N2O6/c1-13-11-19(25-32-13)26-21(15-8-4-6-10-17(15)30-2)20(23(28)24(26)29)22(27)18-12-14-7-3-5-9-16(14)31-18/h3-12,21,28H,1-2H3/t21-/m0/s1. The van der Waals surface area contributed by atoms with Crippen LogP contribution >= 0.6 is 0 Å². The minimum absolute atomic E-state index is 0.0126. The third-order valence-corrected chi connectivity index (χ3v) is 5.40. The Bertz CT molecular complexity index is 1360. The van der Waals surface area contributed by atoms with Crippen LogP contribution in [-0.2, 0) is 4.79 Å². The number of para-hydroxylation sites is 2. The maximum Gasteiger partial charge on any atom is 0.295 e. The minimum Gasteiger partial charge on any atom is -0.503 e. The monoisotopic (exact) mass is 430 g/mol. The molecule has 2 aromatic carbocycles. The second kappa shape index (κ2) is 7.42. The molecule has 4 aromatic rings. The van der Waals surface area contributed by atoms with Gasteiger partial charge in [0, 0.05) is 17.0 Å². The molecule has 5 rings (SSSR count). The molecule has 1 aliphatic rings. The highest BCUT2D eigenvalue weighted by Crippen LogP contribution is 2.44. The number of methoxy groups -OCH3 is 1. The van der Waals surface area contributed by atoms with Crippen LogP contribution in [0, 0.1) is 6.92 Å². The molecular weight excluding hydrogens is 412 g/mol. The number of hydrogen-bond donors (Lipinski definition) is 1. The summed E-state index contributed by atoms with van der Waals surface area (Å²) in [7, 11) is 1.49. The number of amides is 1. The van der Waals surface area contributed by atoms with Crippen molar-refractivity contribution in [1.29, 1.82) is 0 Å². The number of nitrogens with zero attached hydrogens (tertiary/aromatic N) is 2. The van der Waals surface area contributed by atoms with Gasteiger partial charge in [-0.1, -0.05) is 41.6 Å².